The van der Waals surface area contributed by atoms with E-state index in [1.165, 1.54) is 0 Å². The molecule has 0 radical (unpaired) electrons. The first-order chi connectivity index (χ1) is 11.9. The lowest BCUT2D eigenvalue weighted by Gasteiger charge is -2.11. The zero-order chi connectivity index (χ0) is 18.4. The van der Waals surface area contributed by atoms with Crippen LogP contribution in [0.4, 0.5) is 5.69 Å². The summed E-state index contributed by atoms with van der Waals surface area (Å²) >= 11 is 6.27. The van der Waals surface area contributed by atoms with E-state index in [1.54, 1.807) is 18.5 Å². The molecule has 0 bridgehead atoms. The Morgan fingerprint density at radius 2 is 1.96 bits per heavy atom. The molecule has 0 unspecified atom stereocenters. The first-order valence-corrected chi connectivity index (χ1v) is 8.56. The van der Waals surface area contributed by atoms with E-state index in [4.69, 9.17) is 16.3 Å². The number of aliphatic imine (C=N–C) groups is 1. The Kier molecular flexibility index (Phi) is 6.59. The molecular formula is C20H23ClN2O2. The number of ether oxygens (including phenoxy) is 1. The second-order valence-electron chi connectivity index (χ2n) is 5.94. The molecule has 0 amide bonds. The highest BCUT2D eigenvalue weighted by Crippen LogP contribution is 2.29. The monoisotopic (exact) mass is 358 g/mol. The lowest BCUT2D eigenvalue weighted by atomic mass is 10.1. The van der Waals surface area contributed by atoms with E-state index in [0.717, 1.165) is 23.2 Å². The van der Waals surface area contributed by atoms with Crippen LogP contribution in [0.1, 0.15) is 34.0 Å². The molecule has 0 fully saturated rings. The minimum absolute atomic E-state index is 0.240. The standard InChI is InChI=1S/C20H23ClN2O2/c1-5-23(4)13-22-19-10-15(3)17(11-18(19)21)20(24)25-12-16-9-7-6-8-14(16)2/h6-11,13H,5,12H2,1-4H3. The van der Waals surface area contributed by atoms with Gasteiger partial charge in [-0.25, -0.2) is 9.79 Å². The average Bonchev–Trinajstić information content (AvgIpc) is 2.60. The molecule has 0 N–H and O–H groups in total. The number of benzene rings is 2. The van der Waals surface area contributed by atoms with Crippen LogP contribution in [0.5, 0.6) is 0 Å². The van der Waals surface area contributed by atoms with Gasteiger partial charge in [-0.15, -0.1) is 0 Å². The molecule has 0 spiro atoms. The highest BCUT2D eigenvalue weighted by atomic mass is 35.5. The van der Waals surface area contributed by atoms with Crippen LogP contribution in [0.3, 0.4) is 0 Å². The number of rotatable bonds is 6. The fourth-order valence-electron chi connectivity index (χ4n) is 2.22. The summed E-state index contributed by atoms with van der Waals surface area (Å²) in [7, 11) is 1.93. The second kappa shape index (κ2) is 8.67. The van der Waals surface area contributed by atoms with Crippen LogP contribution < -0.4 is 0 Å². The Hall–Kier alpha value is -2.33. The van der Waals surface area contributed by atoms with Crippen LogP contribution in [-0.2, 0) is 11.3 Å². The molecule has 0 aromatic heterocycles. The number of nitrogens with zero attached hydrogens (tertiary/aromatic N) is 2. The van der Waals surface area contributed by atoms with E-state index >= 15 is 0 Å². The zero-order valence-electron chi connectivity index (χ0n) is 15.0. The van der Waals surface area contributed by atoms with E-state index in [1.807, 2.05) is 57.0 Å². The molecule has 0 aliphatic heterocycles. The Labute approximate surface area is 154 Å². The van der Waals surface area contributed by atoms with Crippen molar-refractivity contribution in [2.45, 2.75) is 27.4 Å². The molecule has 5 heteroatoms. The third-order valence-corrected chi connectivity index (χ3v) is 4.33. The van der Waals surface area contributed by atoms with Crippen molar-refractivity contribution in [2.75, 3.05) is 13.6 Å². The van der Waals surface area contributed by atoms with Crippen molar-refractivity contribution in [3.05, 3.63) is 63.7 Å². The molecule has 132 valence electrons. The lowest BCUT2D eigenvalue weighted by molar-refractivity contribution is 0.0471. The van der Waals surface area contributed by atoms with Gasteiger partial charge in [0.15, 0.2) is 0 Å². The van der Waals surface area contributed by atoms with Gasteiger partial charge in [0, 0.05) is 13.6 Å². The molecule has 0 saturated carbocycles. The summed E-state index contributed by atoms with van der Waals surface area (Å²) in [4.78, 5) is 18.7. The third kappa shape index (κ3) is 5.07. The van der Waals surface area contributed by atoms with Crippen molar-refractivity contribution in [1.82, 2.24) is 4.90 Å². The maximum atomic E-state index is 12.4. The van der Waals surface area contributed by atoms with Crippen molar-refractivity contribution in [2.24, 2.45) is 4.99 Å². The molecule has 0 atom stereocenters. The first-order valence-electron chi connectivity index (χ1n) is 8.18. The van der Waals surface area contributed by atoms with Crippen LogP contribution in [0.15, 0.2) is 41.4 Å². The summed E-state index contributed by atoms with van der Waals surface area (Å²) in [6, 6.07) is 11.2. The van der Waals surface area contributed by atoms with Gasteiger partial charge in [0.25, 0.3) is 0 Å². The summed E-state index contributed by atoms with van der Waals surface area (Å²) < 4.78 is 5.44. The summed E-state index contributed by atoms with van der Waals surface area (Å²) in [5.74, 6) is -0.385. The Bertz CT molecular complexity index is 787. The second-order valence-corrected chi connectivity index (χ2v) is 6.35. The SMILES string of the molecule is CCN(C)C=Nc1cc(C)c(C(=O)OCc2ccccc2C)cc1Cl. The molecule has 0 aliphatic rings. The fraction of sp³-hybridized carbons (Fsp3) is 0.300. The van der Waals surface area contributed by atoms with Gasteiger partial charge in [0.1, 0.15) is 6.61 Å². The van der Waals surface area contributed by atoms with E-state index < -0.39 is 0 Å². The number of carbonyl (C=O) groups is 1. The van der Waals surface area contributed by atoms with Gasteiger partial charge in [0.2, 0.25) is 0 Å². The number of carbonyl (C=O) groups excluding carboxylic acids is 1. The quantitative estimate of drug-likeness (QED) is 0.418. The Morgan fingerprint density at radius 1 is 1.24 bits per heavy atom. The van der Waals surface area contributed by atoms with Gasteiger partial charge < -0.3 is 9.64 Å². The van der Waals surface area contributed by atoms with Gasteiger partial charge in [-0.3, -0.25) is 0 Å². The molecule has 2 rings (SSSR count). The summed E-state index contributed by atoms with van der Waals surface area (Å²) in [5, 5.41) is 0.425. The number of aryl methyl sites for hydroxylation is 2. The van der Waals surface area contributed by atoms with Gasteiger partial charge in [-0.1, -0.05) is 35.9 Å². The smallest absolute Gasteiger partial charge is 0.338 e. The number of hydrogen-bond donors (Lipinski definition) is 0. The first kappa shape index (κ1) is 19.0. The van der Waals surface area contributed by atoms with Crippen molar-refractivity contribution in [3.63, 3.8) is 0 Å². The van der Waals surface area contributed by atoms with Gasteiger partial charge in [0.05, 0.1) is 22.6 Å². The van der Waals surface area contributed by atoms with Gasteiger partial charge >= 0.3 is 5.97 Å². The summed E-state index contributed by atoms with van der Waals surface area (Å²) in [5.41, 5.74) is 3.96. The highest BCUT2D eigenvalue weighted by Gasteiger charge is 2.14. The van der Waals surface area contributed by atoms with Crippen molar-refractivity contribution in [3.8, 4) is 0 Å². The van der Waals surface area contributed by atoms with Crippen molar-refractivity contribution < 1.29 is 9.53 Å². The van der Waals surface area contributed by atoms with Crippen LogP contribution in [-0.4, -0.2) is 30.8 Å². The van der Waals surface area contributed by atoms with Gasteiger partial charge in [-0.2, -0.15) is 0 Å². The van der Waals surface area contributed by atoms with E-state index in [0.29, 0.717) is 16.3 Å². The predicted molar refractivity (Wildman–Crippen MR) is 103 cm³/mol. The minimum Gasteiger partial charge on any atom is -0.457 e. The topological polar surface area (TPSA) is 41.9 Å². The van der Waals surface area contributed by atoms with Crippen molar-refractivity contribution >= 4 is 29.6 Å². The molecule has 2 aromatic carbocycles. The van der Waals surface area contributed by atoms with E-state index in [9.17, 15) is 4.79 Å². The van der Waals surface area contributed by atoms with Crippen LogP contribution in [0, 0.1) is 13.8 Å². The molecule has 0 saturated heterocycles. The molecule has 25 heavy (non-hydrogen) atoms. The highest BCUT2D eigenvalue weighted by molar-refractivity contribution is 6.33. The van der Waals surface area contributed by atoms with E-state index in [2.05, 4.69) is 4.99 Å². The number of halogens is 1. The van der Waals surface area contributed by atoms with Crippen LogP contribution in [0.25, 0.3) is 0 Å². The third-order valence-electron chi connectivity index (χ3n) is 4.03. The normalized spacial score (nSPS) is 10.9. The summed E-state index contributed by atoms with van der Waals surface area (Å²) in [6.07, 6.45) is 1.72. The van der Waals surface area contributed by atoms with Crippen molar-refractivity contribution in [1.29, 1.82) is 0 Å². The lowest BCUT2D eigenvalue weighted by Crippen LogP contribution is -2.14. The number of esters is 1. The average molecular weight is 359 g/mol. The zero-order valence-corrected chi connectivity index (χ0v) is 15.8. The molecule has 0 aliphatic carbocycles. The largest absolute Gasteiger partial charge is 0.457 e. The fourth-order valence-corrected chi connectivity index (χ4v) is 2.43. The minimum atomic E-state index is -0.385. The van der Waals surface area contributed by atoms with Crippen LogP contribution >= 0.6 is 11.6 Å². The maximum absolute atomic E-state index is 12.4. The summed E-state index contributed by atoms with van der Waals surface area (Å²) in [6.45, 7) is 6.97. The van der Waals surface area contributed by atoms with E-state index in [-0.39, 0.29) is 12.6 Å². The molecule has 4 nitrogen and oxygen atoms in total. The van der Waals surface area contributed by atoms with Crippen LogP contribution in [0.2, 0.25) is 5.02 Å². The Morgan fingerprint density at radius 3 is 2.64 bits per heavy atom. The maximum Gasteiger partial charge on any atom is 0.338 e. The molecular weight excluding hydrogens is 336 g/mol. The van der Waals surface area contributed by atoms with Gasteiger partial charge in [-0.05, 0) is 49.6 Å². The predicted octanol–water partition coefficient (Wildman–Crippen LogP) is 4.93. The molecule has 2 aromatic rings. The Balaban J connectivity index is 2.13. The molecule has 0 heterocycles. The number of hydrogen-bond acceptors (Lipinski definition) is 3.